The van der Waals surface area contributed by atoms with Gasteiger partial charge in [0.1, 0.15) is 0 Å². The fourth-order valence-electron chi connectivity index (χ4n) is 3.13. The highest BCUT2D eigenvalue weighted by molar-refractivity contribution is 14.0. The van der Waals surface area contributed by atoms with E-state index in [-0.39, 0.29) is 24.0 Å². The van der Waals surface area contributed by atoms with E-state index in [1.807, 2.05) is 12.5 Å². The summed E-state index contributed by atoms with van der Waals surface area (Å²) in [7, 11) is 1.79. The van der Waals surface area contributed by atoms with Gasteiger partial charge in [-0.3, -0.25) is 4.99 Å². The summed E-state index contributed by atoms with van der Waals surface area (Å²) in [4.78, 5) is 8.35. The summed E-state index contributed by atoms with van der Waals surface area (Å²) in [6.45, 7) is 4.73. The Labute approximate surface area is 190 Å². The first-order chi connectivity index (χ1) is 13.8. The largest absolute Gasteiger partial charge is 0.379 e. The number of aliphatic imine (C=N–C) groups is 1. The summed E-state index contributed by atoms with van der Waals surface area (Å²) in [6.07, 6.45) is 9.12. The van der Waals surface area contributed by atoms with Crippen LogP contribution in [0.1, 0.15) is 30.4 Å². The summed E-state index contributed by atoms with van der Waals surface area (Å²) in [5.74, 6) is 0.807. The van der Waals surface area contributed by atoms with E-state index >= 15 is 0 Å². The lowest BCUT2D eigenvalue weighted by atomic mass is 10.1. The Kier molecular flexibility index (Phi) is 11.0. The monoisotopic (exact) mass is 513 g/mol. The van der Waals surface area contributed by atoms with E-state index in [0.29, 0.717) is 12.7 Å². The third kappa shape index (κ3) is 8.71. The number of nitrogens with zero attached hydrogens (tertiary/aromatic N) is 3. The molecule has 2 aromatic rings. The van der Waals surface area contributed by atoms with Crippen molar-refractivity contribution >= 4 is 29.9 Å². The van der Waals surface area contributed by atoms with Crippen LogP contribution in [0.5, 0.6) is 0 Å². The van der Waals surface area contributed by atoms with Crippen LogP contribution in [-0.4, -0.2) is 55.0 Å². The number of nitrogens with one attached hydrogen (secondary N) is 2. The molecule has 0 bridgehead atoms. The van der Waals surface area contributed by atoms with Crippen molar-refractivity contribution in [3.63, 3.8) is 0 Å². The normalized spacial score (nSPS) is 16.4. The summed E-state index contributed by atoms with van der Waals surface area (Å²) in [6, 6.07) is 8.59. The van der Waals surface area contributed by atoms with Gasteiger partial charge in [-0.25, -0.2) is 4.98 Å². The number of hydrogen-bond acceptors (Lipinski definition) is 4. The number of aromatic nitrogens is 2. The van der Waals surface area contributed by atoms with Crippen LogP contribution in [0.25, 0.3) is 0 Å². The van der Waals surface area contributed by atoms with E-state index < -0.39 is 0 Å². The Hall–Kier alpha value is -1.65. The van der Waals surface area contributed by atoms with Crippen molar-refractivity contribution in [1.82, 2.24) is 20.2 Å². The lowest BCUT2D eigenvalue weighted by Crippen LogP contribution is -2.37. The van der Waals surface area contributed by atoms with Crippen LogP contribution in [0, 0.1) is 0 Å². The summed E-state index contributed by atoms with van der Waals surface area (Å²) in [5, 5.41) is 6.68. The molecular weight excluding hydrogens is 481 g/mol. The molecule has 1 aliphatic rings. The van der Waals surface area contributed by atoms with Gasteiger partial charge in [-0.05, 0) is 30.4 Å². The molecule has 3 rings (SSSR count). The first-order valence-electron chi connectivity index (χ1n) is 10.0. The smallest absolute Gasteiger partial charge is 0.191 e. The Morgan fingerprint density at radius 1 is 1.28 bits per heavy atom. The highest BCUT2D eigenvalue weighted by atomic mass is 127. The number of halogens is 1. The van der Waals surface area contributed by atoms with Gasteiger partial charge < -0.3 is 24.7 Å². The van der Waals surface area contributed by atoms with Gasteiger partial charge in [0.25, 0.3) is 0 Å². The quantitative estimate of drug-likeness (QED) is 0.221. The standard InChI is InChI=1S/C21H31N5O2.HI/c1-22-21(24-9-3-12-27-16-20-4-2-13-28-20)25-14-18-5-7-19(8-6-18)15-26-11-10-23-17-26;/h5-8,10-11,17,20H,2-4,9,12-16H2,1H3,(H2,22,24,25);1H. The number of ether oxygens (including phenoxy) is 2. The van der Waals surface area contributed by atoms with E-state index in [4.69, 9.17) is 9.47 Å². The van der Waals surface area contributed by atoms with Crippen molar-refractivity contribution in [2.75, 3.05) is 33.4 Å². The third-order valence-electron chi connectivity index (χ3n) is 4.72. The molecular formula is C21H32IN5O2. The van der Waals surface area contributed by atoms with Crippen molar-refractivity contribution in [2.24, 2.45) is 4.99 Å². The summed E-state index contributed by atoms with van der Waals surface area (Å²) in [5.41, 5.74) is 2.48. The zero-order valence-corrected chi connectivity index (χ0v) is 19.4. The minimum atomic E-state index is 0. The average Bonchev–Trinajstić information content (AvgIpc) is 3.42. The molecule has 0 amide bonds. The Bertz CT molecular complexity index is 700. The zero-order valence-electron chi connectivity index (χ0n) is 17.0. The Morgan fingerprint density at radius 3 is 2.79 bits per heavy atom. The number of guanidine groups is 1. The van der Waals surface area contributed by atoms with Crippen molar-refractivity contribution in [3.05, 3.63) is 54.1 Å². The van der Waals surface area contributed by atoms with Crippen molar-refractivity contribution < 1.29 is 9.47 Å². The second kappa shape index (κ2) is 13.6. The highest BCUT2D eigenvalue weighted by Gasteiger charge is 2.14. The second-order valence-electron chi connectivity index (χ2n) is 6.97. The maximum absolute atomic E-state index is 5.68. The maximum Gasteiger partial charge on any atom is 0.191 e. The molecule has 2 heterocycles. The fraction of sp³-hybridized carbons (Fsp3) is 0.524. The van der Waals surface area contributed by atoms with E-state index in [0.717, 1.165) is 58.1 Å². The summed E-state index contributed by atoms with van der Waals surface area (Å²) < 4.78 is 13.3. The van der Waals surface area contributed by atoms with Crippen molar-refractivity contribution in [3.8, 4) is 0 Å². The molecule has 29 heavy (non-hydrogen) atoms. The van der Waals surface area contributed by atoms with Gasteiger partial charge in [0.15, 0.2) is 5.96 Å². The molecule has 0 radical (unpaired) electrons. The van der Waals surface area contributed by atoms with Gasteiger partial charge in [0.2, 0.25) is 0 Å². The predicted molar refractivity (Wildman–Crippen MR) is 126 cm³/mol. The fourth-order valence-corrected chi connectivity index (χ4v) is 3.13. The zero-order chi connectivity index (χ0) is 19.4. The number of hydrogen-bond donors (Lipinski definition) is 2. The Morgan fingerprint density at radius 2 is 2.10 bits per heavy atom. The lowest BCUT2D eigenvalue weighted by molar-refractivity contribution is 0.0168. The SMILES string of the molecule is CN=C(NCCCOCC1CCCO1)NCc1ccc(Cn2ccnc2)cc1.I. The predicted octanol–water partition coefficient (Wildman–Crippen LogP) is 2.80. The molecule has 0 saturated carbocycles. The molecule has 1 atom stereocenters. The topological polar surface area (TPSA) is 72.7 Å². The van der Waals surface area contributed by atoms with Gasteiger partial charge in [0.05, 0.1) is 19.0 Å². The number of rotatable bonds is 10. The summed E-state index contributed by atoms with van der Waals surface area (Å²) >= 11 is 0. The maximum atomic E-state index is 5.68. The first-order valence-corrected chi connectivity index (χ1v) is 10.0. The van der Waals surface area contributed by atoms with E-state index in [2.05, 4.69) is 49.4 Å². The number of benzene rings is 1. The van der Waals surface area contributed by atoms with Crippen LogP contribution in [0.4, 0.5) is 0 Å². The molecule has 160 valence electrons. The third-order valence-corrected chi connectivity index (χ3v) is 4.72. The minimum absolute atomic E-state index is 0. The van der Waals surface area contributed by atoms with Gasteiger partial charge in [0, 0.05) is 52.3 Å². The van der Waals surface area contributed by atoms with E-state index in [1.54, 1.807) is 13.2 Å². The van der Waals surface area contributed by atoms with Crippen LogP contribution < -0.4 is 10.6 Å². The van der Waals surface area contributed by atoms with Gasteiger partial charge in [-0.15, -0.1) is 24.0 Å². The molecule has 1 aromatic heterocycles. The molecule has 1 unspecified atom stereocenters. The van der Waals surface area contributed by atoms with Gasteiger partial charge in [-0.2, -0.15) is 0 Å². The van der Waals surface area contributed by atoms with Crippen LogP contribution in [-0.2, 0) is 22.6 Å². The van der Waals surface area contributed by atoms with E-state index in [1.165, 1.54) is 11.1 Å². The van der Waals surface area contributed by atoms with Crippen LogP contribution in [0.15, 0.2) is 48.0 Å². The molecule has 1 aliphatic heterocycles. The molecule has 0 spiro atoms. The Balaban J connectivity index is 0.00000300. The molecule has 2 N–H and O–H groups in total. The van der Waals surface area contributed by atoms with Gasteiger partial charge >= 0.3 is 0 Å². The van der Waals surface area contributed by atoms with Crippen molar-refractivity contribution in [2.45, 2.75) is 38.5 Å². The molecule has 8 heteroatoms. The van der Waals surface area contributed by atoms with Crippen LogP contribution >= 0.6 is 24.0 Å². The van der Waals surface area contributed by atoms with E-state index in [9.17, 15) is 0 Å². The lowest BCUT2D eigenvalue weighted by Gasteiger charge is -2.13. The highest BCUT2D eigenvalue weighted by Crippen LogP contribution is 2.11. The average molecular weight is 513 g/mol. The molecule has 0 aliphatic carbocycles. The van der Waals surface area contributed by atoms with Crippen LogP contribution in [0.2, 0.25) is 0 Å². The number of imidazole rings is 1. The molecule has 1 fully saturated rings. The molecule has 1 saturated heterocycles. The molecule has 7 nitrogen and oxygen atoms in total. The first kappa shape index (κ1) is 23.6. The second-order valence-corrected chi connectivity index (χ2v) is 6.97. The molecule has 1 aromatic carbocycles. The van der Waals surface area contributed by atoms with Crippen molar-refractivity contribution in [1.29, 1.82) is 0 Å². The minimum Gasteiger partial charge on any atom is -0.379 e. The van der Waals surface area contributed by atoms with Gasteiger partial charge in [-0.1, -0.05) is 24.3 Å². The van der Waals surface area contributed by atoms with Crippen LogP contribution in [0.3, 0.4) is 0 Å².